The van der Waals surface area contributed by atoms with Crippen molar-refractivity contribution in [2.75, 3.05) is 13.7 Å². The van der Waals surface area contributed by atoms with E-state index in [2.05, 4.69) is 15.9 Å². The highest BCUT2D eigenvalue weighted by atomic mass is 79.9. The van der Waals surface area contributed by atoms with Crippen molar-refractivity contribution in [3.05, 3.63) is 79.8 Å². The third-order valence-corrected chi connectivity index (χ3v) is 5.86. The van der Waals surface area contributed by atoms with Crippen molar-refractivity contribution in [1.82, 2.24) is 4.90 Å². The van der Waals surface area contributed by atoms with Gasteiger partial charge < -0.3 is 9.47 Å². The number of methoxy groups -OCH3 is 1. The molecule has 2 aromatic carbocycles. The van der Waals surface area contributed by atoms with Crippen LogP contribution in [0.2, 0.25) is 0 Å². The molecule has 0 aliphatic carbocycles. The van der Waals surface area contributed by atoms with Crippen LogP contribution in [0.5, 0.6) is 5.75 Å². The molecule has 1 aliphatic heterocycles. The molecule has 0 N–H and O–H groups in total. The van der Waals surface area contributed by atoms with Gasteiger partial charge in [0.2, 0.25) is 12.5 Å². The number of nitrogens with zero attached hydrogens (tertiary/aromatic N) is 2. The Hall–Kier alpha value is -3.53. The van der Waals surface area contributed by atoms with Crippen LogP contribution >= 0.6 is 15.9 Å². The van der Waals surface area contributed by atoms with E-state index in [4.69, 9.17) is 9.47 Å². The molecule has 1 heterocycles. The first-order chi connectivity index (χ1) is 16.4. The summed E-state index contributed by atoms with van der Waals surface area (Å²) in [5, 5.41) is 11.6. The van der Waals surface area contributed by atoms with Crippen LogP contribution in [0.15, 0.2) is 58.6 Å². The van der Waals surface area contributed by atoms with Crippen molar-refractivity contribution >= 4 is 39.9 Å². The van der Waals surface area contributed by atoms with Gasteiger partial charge in [-0.25, -0.2) is 4.79 Å². The summed E-state index contributed by atoms with van der Waals surface area (Å²) < 4.78 is 11.3. The first-order valence-corrected chi connectivity index (χ1v) is 11.5. The number of halogens is 1. The molecule has 0 spiro atoms. The zero-order chi connectivity index (χ0) is 25.9. The quantitative estimate of drug-likeness (QED) is 0.221. The molecular formula is C25H25BrN2O7. The molecule has 0 unspecified atom stereocenters. The minimum absolute atomic E-state index is 0.0224. The SMILES string of the molecule is COc1ccc([C@@H](C[N+](=O)[O-])[C@H]2C(=O)N(C(=O)OC(C)(C)C)C(=O)/C2=C/c2ccc(Br)cc2)cc1. The predicted molar refractivity (Wildman–Crippen MR) is 131 cm³/mol. The number of carbonyl (C=O) groups excluding carboxylic acids is 3. The molecule has 1 saturated heterocycles. The van der Waals surface area contributed by atoms with Gasteiger partial charge in [-0.1, -0.05) is 40.2 Å². The monoisotopic (exact) mass is 544 g/mol. The highest BCUT2D eigenvalue weighted by Gasteiger charge is 2.52. The van der Waals surface area contributed by atoms with Gasteiger partial charge in [-0.3, -0.25) is 19.7 Å². The van der Waals surface area contributed by atoms with Gasteiger partial charge in [-0.15, -0.1) is 0 Å². The molecule has 10 heteroatoms. The largest absolute Gasteiger partial charge is 0.497 e. The molecule has 1 aliphatic rings. The van der Waals surface area contributed by atoms with Gasteiger partial charge in [-0.2, -0.15) is 4.90 Å². The zero-order valence-electron chi connectivity index (χ0n) is 19.7. The van der Waals surface area contributed by atoms with Gasteiger partial charge in [0.1, 0.15) is 11.4 Å². The summed E-state index contributed by atoms with van der Waals surface area (Å²) in [4.78, 5) is 51.2. The number of likely N-dealkylation sites (tertiary alicyclic amines) is 1. The summed E-state index contributed by atoms with van der Waals surface area (Å²) >= 11 is 3.34. The number of rotatable bonds is 6. The Bertz CT molecular complexity index is 1170. The standard InChI is InChI=1S/C25H25BrN2O7/c1-25(2,3)35-24(31)28-22(29)19(13-15-5-9-17(26)10-6-15)21(23(28)30)20(14-27(32)33)16-7-11-18(34-4)12-8-16/h5-13,20-21H,14H2,1-4H3/b19-13+/t20-,21+/m1/s1. The lowest BCUT2D eigenvalue weighted by molar-refractivity contribution is -0.484. The average molecular weight is 545 g/mol. The first-order valence-electron chi connectivity index (χ1n) is 10.8. The Morgan fingerprint density at radius 2 is 1.74 bits per heavy atom. The second-order valence-electron chi connectivity index (χ2n) is 8.98. The summed E-state index contributed by atoms with van der Waals surface area (Å²) in [6, 6.07) is 13.4. The molecule has 184 valence electrons. The van der Waals surface area contributed by atoms with Crippen molar-refractivity contribution in [1.29, 1.82) is 0 Å². The minimum Gasteiger partial charge on any atom is -0.497 e. The lowest BCUT2D eigenvalue weighted by Crippen LogP contribution is -2.41. The van der Waals surface area contributed by atoms with Crippen LogP contribution < -0.4 is 4.74 Å². The lowest BCUT2D eigenvalue weighted by Gasteiger charge is -2.23. The fourth-order valence-electron chi connectivity index (χ4n) is 3.81. The molecule has 0 aromatic heterocycles. The Labute approximate surface area is 211 Å². The van der Waals surface area contributed by atoms with Gasteiger partial charge in [0, 0.05) is 15.0 Å². The summed E-state index contributed by atoms with van der Waals surface area (Å²) in [6.07, 6.45) is 0.365. The summed E-state index contributed by atoms with van der Waals surface area (Å²) in [7, 11) is 1.49. The van der Waals surface area contributed by atoms with Crippen LogP contribution in [0.3, 0.4) is 0 Å². The average Bonchev–Trinajstić information content (AvgIpc) is 3.01. The predicted octanol–water partition coefficient (Wildman–Crippen LogP) is 4.82. The number of benzene rings is 2. The Kier molecular flexibility index (Phi) is 7.74. The van der Waals surface area contributed by atoms with Crippen molar-refractivity contribution < 1.29 is 28.8 Å². The Morgan fingerprint density at radius 1 is 1.14 bits per heavy atom. The number of nitro groups is 1. The van der Waals surface area contributed by atoms with E-state index >= 15 is 0 Å². The van der Waals surface area contributed by atoms with Crippen molar-refractivity contribution in [2.24, 2.45) is 5.92 Å². The fraction of sp³-hybridized carbons (Fsp3) is 0.320. The summed E-state index contributed by atoms with van der Waals surface area (Å²) in [5.41, 5.74) is 0.0730. The number of hydrogen-bond acceptors (Lipinski definition) is 7. The molecule has 0 bridgehead atoms. The Morgan fingerprint density at radius 3 is 2.26 bits per heavy atom. The molecule has 35 heavy (non-hydrogen) atoms. The van der Waals surface area contributed by atoms with Gasteiger partial charge in [-0.05, 0) is 62.2 Å². The van der Waals surface area contributed by atoms with Crippen molar-refractivity contribution in [3.63, 3.8) is 0 Å². The van der Waals surface area contributed by atoms with Gasteiger partial charge in [0.25, 0.3) is 5.91 Å². The van der Waals surface area contributed by atoms with E-state index in [9.17, 15) is 24.5 Å². The molecule has 0 radical (unpaired) electrons. The second kappa shape index (κ2) is 10.4. The van der Waals surface area contributed by atoms with Crippen molar-refractivity contribution in [2.45, 2.75) is 32.3 Å². The molecular weight excluding hydrogens is 520 g/mol. The molecule has 3 rings (SSSR count). The van der Waals surface area contributed by atoms with Crippen LogP contribution in [0.4, 0.5) is 4.79 Å². The lowest BCUT2D eigenvalue weighted by atomic mass is 9.81. The van der Waals surface area contributed by atoms with E-state index < -0.39 is 46.8 Å². The van der Waals surface area contributed by atoms with E-state index in [0.29, 0.717) is 21.8 Å². The maximum atomic E-state index is 13.5. The molecule has 0 saturated carbocycles. The van der Waals surface area contributed by atoms with E-state index in [-0.39, 0.29) is 5.57 Å². The highest BCUT2D eigenvalue weighted by Crippen LogP contribution is 2.40. The Balaban J connectivity index is 2.15. The van der Waals surface area contributed by atoms with E-state index in [1.165, 1.54) is 13.2 Å². The summed E-state index contributed by atoms with van der Waals surface area (Å²) in [6.45, 7) is 4.20. The maximum Gasteiger partial charge on any atom is 0.424 e. The van der Waals surface area contributed by atoms with Gasteiger partial charge >= 0.3 is 6.09 Å². The van der Waals surface area contributed by atoms with E-state index in [1.807, 2.05) is 0 Å². The molecule has 2 atom stereocenters. The normalized spacial score (nSPS) is 18.0. The van der Waals surface area contributed by atoms with Crippen LogP contribution in [-0.2, 0) is 14.3 Å². The number of amides is 3. The van der Waals surface area contributed by atoms with E-state index in [1.54, 1.807) is 69.3 Å². The smallest absolute Gasteiger partial charge is 0.424 e. The fourth-order valence-corrected chi connectivity index (χ4v) is 4.07. The van der Waals surface area contributed by atoms with Crippen LogP contribution in [0, 0.1) is 16.0 Å². The van der Waals surface area contributed by atoms with Gasteiger partial charge in [0.15, 0.2) is 0 Å². The zero-order valence-corrected chi connectivity index (χ0v) is 21.3. The summed E-state index contributed by atoms with van der Waals surface area (Å²) in [5.74, 6) is -3.48. The molecule has 1 fully saturated rings. The first kappa shape index (κ1) is 26.1. The van der Waals surface area contributed by atoms with Crippen LogP contribution in [-0.4, -0.2) is 47.0 Å². The number of hydrogen-bond donors (Lipinski definition) is 0. The third-order valence-electron chi connectivity index (χ3n) is 5.33. The second-order valence-corrected chi connectivity index (χ2v) is 9.90. The van der Waals surface area contributed by atoms with Crippen molar-refractivity contribution in [3.8, 4) is 5.75 Å². The highest BCUT2D eigenvalue weighted by molar-refractivity contribution is 9.10. The number of ether oxygens (including phenoxy) is 2. The van der Waals surface area contributed by atoms with E-state index in [0.717, 1.165) is 4.47 Å². The van der Waals surface area contributed by atoms with Crippen LogP contribution in [0.25, 0.3) is 6.08 Å². The number of imide groups is 3. The number of carbonyl (C=O) groups is 3. The molecule has 2 aromatic rings. The minimum atomic E-state index is -1.27. The molecule has 3 amide bonds. The molecule has 9 nitrogen and oxygen atoms in total. The van der Waals surface area contributed by atoms with Gasteiger partial charge in [0.05, 0.1) is 18.9 Å². The third kappa shape index (κ3) is 6.13. The topological polar surface area (TPSA) is 116 Å². The maximum absolute atomic E-state index is 13.5. The van der Waals surface area contributed by atoms with Crippen LogP contribution in [0.1, 0.15) is 37.8 Å².